The summed E-state index contributed by atoms with van der Waals surface area (Å²) < 4.78 is 0. The van der Waals surface area contributed by atoms with Crippen molar-refractivity contribution >= 4 is 17.8 Å². The van der Waals surface area contributed by atoms with Gasteiger partial charge in [0, 0.05) is 25.4 Å². The van der Waals surface area contributed by atoms with Crippen molar-refractivity contribution < 1.29 is 14.4 Å². The van der Waals surface area contributed by atoms with Gasteiger partial charge in [0.15, 0.2) is 0 Å². The van der Waals surface area contributed by atoms with Crippen LogP contribution in [0, 0.1) is 5.92 Å². The molecule has 1 aliphatic carbocycles. The quantitative estimate of drug-likeness (QED) is 0.555. The van der Waals surface area contributed by atoms with Crippen molar-refractivity contribution in [3.8, 4) is 0 Å². The molecule has 0 aromatic heterocycles. The summed E-state index contributed by atoms with van der Waals surface area (Å²) in [6.45, 7) is 4.09. The first kappa shape index (κ1) is 18.3. The number of hydrogen-bond donors (Lipinski definition) is 4. The number of amides is 4. The Morgan fingerprint density at radius 2 is 1.64 bits per heavy atom. The highest BCUT2D eigenvalue weighted by atomic mass is 16.2. The van der Waals surface area contributed by atoms with E-state index in [-0.39, 0.29) is 42.8 Å². The van der Waals surface area contributed by atoms with Gasteiger partial charge >= 0.3 is 6.03 Å². The van der Waals surface area contributed by atoms with Crippen LogP contribution in [0.25, 0.3) is 0 Å². The molecule has 0 aromatic rings. The lowest BCUT2D eigenvalue weighted by molar-refractivity contribution is -0.129. The second-order valence-corrected chi connectivity index (χ2v) is 6.18. The molecule has 0 radical (unpaired) electrons. The summed E-state index contributed by atoms with van der Waals surface area (Å²) in [5, 5.41) is 5.57. The van der Waals surface area contributed by atoms with E-state index < -0.39 is 0 Å². The third-order valence-electron chi connectivity index (χ3n) is 3.51. The fourth-order valence-electron chi connectivity index (χ4n) is 2.40. The highest BCUT2D eigenvalue weighted by Gasteiger charge is 2.15. The first-order valence-corrected chi connectivity index (χ1v) is 8.09. The smallest absolute Gasteiger partial charge is 0.315 e. The maximum absolute atomic E-state index is 11.7. The molecule has 0 atom stereocenters. The van der Waals surface area contributed by atoms with Gasteiger partial charge in [-0.2, -0.15) is 0 Å². The van der Waals surface area contributed by atoms with Crippen LogP contribution in [-0.2, 0) is 9.59 Å². The van der Waals surface area contributed by atoms with Crippen LogP contribution < -0.4 is 21.5 Å². The predicted octanol–water partition coefficient (Wildman–Crippen LogP) is 1.20. The Balaban J connectivity index is 2.06. The standard InChI is InChI=1S/C15H28N4O3/c1-11(2)10-14(21)19-18-13(20)8-9-16-15(22)17-12-6-4-3-5-7-12/h11-12H,3-10H2,1-2H3,(H,18,20)(H,19,21)(H2,16,17,22). The van der Waals surface area contributed by atoms with Crippen LogP contribution in [0.1, 0.15) is 58.8 Å². The fraction of sp³-hybridized carbons (Fsp3) is 0.800. The van der Waals surface area contributed by atoms with Crippen LogP contribution in [0.3, 0.4) is 0 Å². The second kappa shape index (κ2) is 10.0. The summed E-state index contributed by atoms with van der Waals surface area (Å²) in [4.78, 5) is 34.5. The van der Waals surface area contributed by atoms with Crippen molar-refractivity contribution in [1.29, 1.82) is 0 Å². The molecular formula is C15H28N4O3. The predicted molar refractivity (Wildman–Crippen MR) is 83.8 cm³/mol. The number of hydrazine groups is 1. The Bertz CT molecular complexity index is 379. The normalized spacial score (nSPS) is 15.2. The van der Waals surface area contributed by atoms with E-state index >= 15 is 0 Å². The van der Waals surface area contributed by atoms with E-state index in [2.05, 4.69) is 21.5 Å². The van der Waals surface area contributed by atoms with Crippen molar-refractivity contribution in [2.45, 2.75) is 64.8 Å². The van der Waals surface area contributed by atoms with Crippen LogP contribution in [0.4, 0.5) is 4.79 Å². The molecule has 0 heterocycles. The summed E-state index contributed by atoms with van der Waals surface area (Å²) >= 11 is 0. The molecular weight excluding hydrogens is 284 g/mol. The van der Waals surface area contributed by atoms with E-state index in [4.69, 9.17) is 0 Å². The van der Waals surface area contributed by atoms with E-state index in [0.717, 1.165) is 25.7 Å². The lowest BCUT2D eigenvalue weighted by Gasteiger charge is -2.22. The summed E-state index contributed by atoms with van der Waals surface area (Å²) in [7, 11) is 0. The van der Waals surface area contributed by atoms with Gasteiger partial charge in [-0.3, -0.25) is 20.4 Å². The highest BCUT2D eigenvalue weighted by molar-refractivity contribution is 5.82. The van der Waals surface area contributed by atoms with Gasteiger partial charge in [-0.1, -0.05) is 33.1 Å². The van der Waals surface area contributed by atoms with Crippen LogP contribution in [0.5, 0.6) is 0 Å². The van der Waals surface area contributed by atoms with Gasteiger partial charge in [-0.05, 0) is 18.8 Å². The minimum absolute atomic E-state index is 0.125. The SMILES string of the molecule is CC(C)CC(=O)NNC(=O)CCNC(=O)NC1CCCCC1. The largest absolute Gasteiger partial charge is 0.338 e. The molecule has 1 rings (SSSR count). The average molecular weight is 312 g/mol. The van der Waals surface area contributed by atoms with E-state index in [0.29, 0.717) is 6.42 Å². The van der Waals surface area contributed by atoms with Crippen molar-refractivity contribution in [3.63, 3.8) is 0 Å². The molecule has 7 heteroatoms. The molecule has 0 aliphatic heterocycles. The molecule has 4 amide bonds. The van der Waals surface area contributed by atoms with Crippen molar-refractivity contribution in [1.82, 2.24) is 21.5 Å². The Kier molecular flexibility index (Phi) is 8.32. The number of carbonyl (C=O) groups excluding carboxylic acids is 3. The van der Waals surface area contributed by atoms with Gasteiger partial charge in [-0.25, -0.2) is 4.79 Å². The summed E-state index contributed by atoms with van der Waals surface area (Å²) in [6, 6.07) is 0.0152. The van der Waals surface area contributed by atoms with Gasteiger partial charge in [0.1, 0.15) is 0 Å². The highest BCUT2D eigenvalue weighted by Crippen LogP contribution is 2.16. The van der Waals surface area contributed by atoms with E-state index in [1.807, 2.05) is 13.8 Å². The Labute approximate surface area is 131 Å². The molecule has 1 aliphatic rings. The topological polar surface area (TPSA) is 99.3 Å². The van der Waals surface area contributed by atoms with E-state index in [9.17, 15) is 14.4 Å². The molecule has 0 aromatic carbocycles. The Morgan fingerprint density at radius 3 is 2.27 bits per heavy atom. The third-order valence-corrected chi connectivity index (χ3v) is 3.51. The van der Waals surface area contributed by atoms with Gasteiger partial charge in [-0.15, -0.1) is 0 Å². The molecule has 4 N–H and O–H groups in total. The Hall–Kier alpha value is -1.79. The van der Waals surface area contributed by atoms with Gasteiger partial charge in [0.25, 0.3) is 0 Å². The molecule has 1 saturated carbocycles. The number of carbonyl (C=O) groups is 3. The van der Waals surface area contributed by atoms with Gasteiger partial charge < -0.3 is 10.6 Å². The fourth-order valence-corrected chi connectivity index (χ4v) is 2.40. The molecule has 0 bridgehead atoms. The van der Waals surface area contributed by atoms with Crippen LogP contribution in [0.2, 0.25) is 0 Å². The minimum Gasteiger partial charge on any atom is -0.338 e. The number of rotatable bonds is 6. The van der Waals surface area contributed by atoms with E-state index in [1.165, 1.54) is 6.42 Å². The zero-order chi connectivity index (χ0) is 16.4. The molecule has 126 valence electrons. The van der Waals surface area contributed by atoms with Crippen LogP contribution >= 0.6 is 0 Å². The molecule has 1 fully saturated rings. The van der Waals surface area contributed by atoms with Crippen LogP contribution in [-0.4, -0.2) is 30.4 Å². The monoisotopic (exact) mass is 312 g/mol. The first-order valence-electron chi connectivity index (χ1n) is 8.09. The van der Waals surface area contributed by atoms with Crippen molar-refractivity contribution in [2.75, 3.05) is 6.54 Å². The summed E-state index contributed by atoms with van der Waals surface area (Å²) in [5.74, 6) is -0.302. The van der Waals surface area contributed by atoms with Crippen LogP contribution in [0.15, 0.2) is 0 Å². The number of hydrogen-bond acceptors (Lipinski definition) is 3. The zero-order valence-electron chi connectivity index (χ0n) is 13.5. The number of nitrogens with one attached hydrogen (secondary N) is 4. The minimum atomic E-state index is -0.324. The molecule has 7 nitrogen and oxygen atoms in total. The molecule has 0 saturated heterocycles. The lowest BCUT2D eigenvalue weighted by atomic mass is 9.96. The maximum Gasteiger partial charge on any atom is 0.315 e. The summed E-state index contributed by atoms with van der Waals surface area (Å²) in [5.41, 5.74) is 4.68. The Morgan fingerprint density at radius 1 is 1.00 bits per heavy atom. The second-order valence-electron chi connectivity index (χ2n) is 6.18. The molecule has 0 unspecified atom stereocenters. The van der Waals surface area contributed by atoms with E-state index in [1.54, 1.807) is 0 Å². The first-order chi connectivity index (χ1) is 10.5. The summed E-state index contributed by atoms with van der Waals surface area (Å²) in [6.07, 6.45) is 6.09. The molecule has 22 heavy (non-hydrogen) atoms. The van der Waals surface area contributed by atoms with Gasteiger partial charge in [0.2, 0.25) is 11.8 Å². The zero-order valence-corrected chi connectivity index (χ0v) is 13.5. The number of urea groups is 1. The lowest BCUT2D eigenvalue weighted by Crippen LogP contribution is -2.45. The maximum atomic E-state index is 11.7. The van der Waals surface area contributed by atoms with Gasteiger partial charge in [0.05, 0.1) is 0 Å². The van der Waals surface area contributed by atoms with Crippen molar-refractivity contribution in [3.05, 3.63) is 0 Å². The van der Waals surface area contributed by atoms with Crippen molar-refractivity contribution in [2.24, 2.45) is 5.92 Å². The molecule has 0 spiro atoms. The average Bonchev–Trinajstić information content (AvgIpc) is 2.45. The third kappa shape index (κ3) is 8.49.